The molecule has 36 heavy (non-hydrogen) atoms. The van der Waals surface area contributed by atoms with Crippen LogP contribution in [-0.4, -0.2) is 17.1 Å². The number of hydrogen-bond donors (Lipinski definition) is 2. The summed E-state index contributed by atoms with van der Waals surface area (Å²) in [4.78, 5) is 15.9. The number of nitrogens with one attached hydrogen (secondary N) is 2. The summed E-state index contributed by atoms with van der Waals surface area (Å²) >= 11 is 0. The van der Waals surface area contributed by atoms with E-state index in [1.165, 1.54) is 5.56 Å². The van der Waals surface area contributed by atoms with Crippen LogP contribution in [0.25, 0.3) is 22.0 Å². The standard InChI is InChI=1S/C31H27N3O2/c1-2-23-11-8-13-28-26(19-32-30(23)28)20-33-34-31(35)25-17-15-22(16-18-25)21-36-29-14-7-6-12-27(29)24-9-4-3-5-10-24/h3-20,32H,2,21H2,1H3,(H,34,35)/b33-20+. The monoisotopic (exact) mass is 473 g/mol. The Bertz CT molecular complexity index is 1500. The third-order valence-corrected chi connectivity index (χ3v) is 6.17. The van der Waals surface area contributed by atoms with Gasteiger partial charge in [0.05, 0.1) is 6.21 Å². The number of hydrazone groups is 1. The molecule has 5 rings (SSSR count). The van der Waals surface area contributed by atoms with E-state index in [4.69, 9.17) is 4.74 Å². The number of ether oxygens (including phenoxy) is 1. The van der Waals surface area contributed by atoms with Gasteiger partial charge < -0.3 is 9.72 Å². The minimum absolute atomic E-state index is 0.262. The summed E-state index contributed by atoms with van der Waals surface area (Å²) in [5.74, 6) is 0.561. The van der Waals surface area contributed by atoms with Crippen molar-refractivity contribution in [3.05, 3.63) is 126 Å². The lowest BCUT2D eigenvalue weighted by Crippen LogP contribution is -2.17. The van der Waals surface area contributed by atoms with Crippen LogP contribution in [0.5, 0.6) is 5.75 Å². The molecule has 1 heterocycles. The van der Waals surface area contributed by atoms with Crippen LogP contribution in [0.15, 0.2) is 108 Å². The molecule has 0 spiro atoms. The highest BCUT2D eigenvalue weighted by Crippen LogP contribution is 2.30. The first-order valence-corrected chi connectivity index (χ1v) is 12.0. The Kier molecular flexibility index (Phi) is 6.90. The van der Waals surface area contributed by atoms with Crippen LogP contribution in [0, 0.1) is 0 Å². The third kappa shape index (κ3) is 5.05. The van der Waals surface area contributed by atoms with E-state index < -0.39 is 0 Å². The number of hydrogen-bond acceptors (Lipinski definition) is 3. The molecule has 5 nitrogen and oxygen atoms in total. The van der Waals surface area contributed by atoms with Crippen molar-refractivity contribution in [3.63, 3.8) is 0 Å². The maximum Gasteiger partial charge on any atom is 0.271 e. The van der Waals surface area contributed by atoms with Gasteiger partial charge in [0, 0.05) is 33.8 Å². The normalized spacial score (nSPS) is 11.1. The zero-order chi connectivity index (χ0) is 24.7. The number of para-hydroxylation sites is 2. The quantitative estimate of drug-likeness (QED) is 0.194. The molecule has 0 aliphatic heterocycles. The van der Waals surface area contributed by atoms with Crippen molar-refractivity contribution in [3.8, 4) is 16.9 Å². The van der Waals surface area contributed by atoms with Crippen LogP contribution in [0.1, 0.15) is 34.0 Å². The van der Waals surface area contributed by atoms with Crippen molar-refractivity contribution >= 4 is 23.0 Å². The Labute approximate surface area is 210 Å². The summed E-state index contributed by atoms with van der Waals surface area (Å²) in [6.07, 6.45) is 4.53. The highest BCUT2D eigenvalue weighted by atomic mass is 16.5. The second kappa shape index (κ2) is 10.7. The van der Waals surface area contributed by atoms with E-state index in [-0.39, 0.29) is 5.91 Å². The van der Waals surface area contributed by atoms with E-state index in [1.54, 1.807) is 18.3 Å². The predicted octanol–water partition coefficient (Wildman–Crippen LogP) is 6.74. The minimum Gasteiger partial charge on any atom is -0.488 e. The van der Waals surface area contributed by atoms with Crippen molar-refractivity contribution in [2.24, 2.45) is 5.10 Å². The van der Waals surface area contributed by atoms with E-state index in [0.29, 0.717) is 12.2 Å². The van der Waals surface area contributed by atoms with E-state index in [2.05, 4.69) is 46.7 Å². The number of aromatic nitrogens is 1. The maximum absolute atomic E-state index is 12.6. The van der Waals surface area contributed by atoms with Gasteiger partial charge in [0.25, 0.3) is 5.91 Å². The van der Waals surface area contributed by atoms with E-state index in [0.717, 1.165) is 45.3 Å². The van der Waals surface area contributed by atoms with Gasteiger partial charge in [-0.2, -0.15) is 5.10 Å². The second-order valence-corrected chi connectivity index (χ2v) is 8.48. The zero-order valence-corrected chi connectivity index (χ0v) is 20.1. The van der Waals surface area contributed by atoms with Crippen LogP contribution >= 0.6 is 0 Å². The molecule has 4 aromatic carbocycles. The summed E-state index contributed by atoms with van der Waals surface area (Å²) in [5, 5.41) is 5.25. The Morgan fingerprint density at radius 1 is 0.917 bits per heavy atom. The molecule has 2 N–H and O–H groups in total. The van der Waals surface area contributed by atoms with Gasteiger partial charge in [-0.3, -0.25) is 4.79 Å². The summed E-state index contributed by atoms with van der Waals surface area (Å²) in [5.41, 5.74) is 9.58. The van der Waals surface area contributed by atoms with Gasteiger partial charge in [-0.25, -0.2) is 5.43 Å². The lowest BCUT2D eigenvalue weighted by Gasteiger charge is -2.12. The molecular formula is C31H27N3O2. The van der Waals surface area contributed by atoms with Crippen LogP contribution in [0.4, 0.5) is 0 Å². The first kappa shape index (κ1) is 23.1. The number of carbonyl (C=O) groups is 1. The lowest BCUT2D eigenvalue weighted by molar-refractivity contribution is 0.0955. The number of aromatic amines is 1. The minimum atomic E-state index is -0.262. The van der Waals surface area contributed by atoms with Gasteiger partial charge in [-0.05, 0) is 41.3 Å². The van der Waals surface area contributed by atoms with E-state index in [1.807, 2.05) is 66.9 Å². The fourth-order valence-electron chi connectivity index (χ4n) is 4.23. The second-order valence-electron chi connectivity index (χ2n) is 8.48. The number of amides is 1. The number of carbonyl (C=O) groups excluding carboxylic acids is 1. The number of rotatable bonds is 8. The highest BCUT2D eigenvalue weighted by molar-refractivity contribution is 6.01. The third-order valence-electron chi connectivity index (χ3n) is 6.17. The smallest absolute Gasteiger partial charge is 0.271 e. The number of H-pyrrole nitrogens is 1. The fourth-order valence-corrected chi connectivity index (χ4v) is 4.23. The van der Waals surface area contributed by atoms with Gasteiger partial charge >= 0.3 is 0 Å². The molecule has 0 saturated carbocycles. The summed E-state index contributed by atoms with van der Waals surface area (Å²) in [6, 6.07) is 31.7. The summed E-state index contributed by atoms with van der Waals surface area (Å²) < 4.78 is 6.11. The van der Waals surface area contributed by atoms with Crippen LogP contribution in [0.3, 0.4) is 0 Å². The van der Waals surface area contributed by atoms with Crippen molar-refractivity contribution in [1.29, 1.82) is 0 Å². The molecule has 0 aliphatic rings. The molecule has 0 fully saturated rings. The van der Waals surface area contributed by atoms with Gasteiger partial charge in [-0.15, -0.1) is 0 Å². The average molecular weight is 474 g/mol. The number of fused-ring (bicyclic) bond motifs is 1. The first-order chi connectivity index (χ1) is 17.7. The molecule has 5 heteroatoms. The van der Waals surface area contributed by atoms with Crippen LogP contribution in [-0.2, 0) is 13.0 Å². The van der Waals surface area contributed by atoms with Gasteiger partial charge in [0.2, 0.25) is 0 Å². The van der Waals surface area contributed by atoms with Crippen molar-refractivity contribution < 1.29 is 9.53 Å². The largest absolute Gasteiger partial charge is 0.488 e. The SMILES string of the molecule is CCc1cccc2c(/C=N/NC(=O)c3ccc(COc4ccccc4-c4ccccc4)cc3)c[nH]c12. The van der Waals surface area contributed by atoms with Gasteiger partial charge in [-0.1, -0.05) is 85.8 Å². The molecule has 0 radical (unpaired) electrons. The highest BCUT2D eigenvalue weighted by Gasteiger charge is 2.08. The van der Waals surface area contributed by atoms with E-state index in [9.17, 15) is 4.79 Å². The number of benzene rings is 4. The number of aryl methyl sites for hydroxylation is 1. The van der Waals surface area contributed by atoms with Crippen molar-refractivity contribution in [2.75, 3.05) is 0 Å². The average Bonchev–Trinajstić information content (AvgIpc) is 3.36. The molecule has 0 saturated heterocycles. The molecule has 0 atom stereocenters. The first-order valence-electron chi connectivity index (χ1n) is 12.0. The summed E-state index contributed by atoms with van der Waals surface area (Å²) in [7, 11) is 0. The topological polar surface area (TPSA) is 66.5 Å². The van der Waals surface area contributed by atoms with Gasteiger partial charge in [0.15, 0.2) is 0 Å². The zero-order valence-electron chi connectivity index (χ0n) is 20.1. The lowest BCUT2D eigenvalue weighted by atomic mass is 10.0. The maximum atomic E-state index is 12.6. The van der Waals surface area contributed by atoms with Crippen LogP contribution < -0.4 is 10.2 Å². The van der Waals surface area contributed by atoms with Crippen molar-refractivity contribution in [1.82, 2.24) is 10.4 Å². The molecule has 1 amide bonds. The Hall–Kier alpha value is -4.64. The fraction of sp³-hybridized carbons (Fsp3) is 0.0968. The molecule has 1 aromatic heterocycles. The molecule has 0 bridgehead atoms. The Balaban J connectivity index is 1.20. The Morgan fingerprint density at radius 3 is 2.50 bits per heavy atom. The predicted molar refractivity (Wildman–Crippen MR) is 145 cm³/mol. The van der Waals surface area contributed by atoms with E-state index >= 15 is 0 Å². The Morgan fingerprint density at radius 2 is 1.69 bits per heavy atom. The summed E-state index contributed by atoms with van der Waals surface area (Å²) in [6.45, 7) is 2.54. The van der Waals surface area contributed by atoms with Crippen LogP contribution in [0.2, 0.25) is 0 Å². The molecular weight excluding hydrogens is 446 g/mol. The number of nitrogens with zero attached hydrogens (tertiary/aromatic N) is 1. The molecule has 5 aromatic rings. The molecule has 178 valence electrons. The van der Waals surface area contributed by atoms with Crippen molar-refractivity contribution in [2.45, 2.75) is 20.0 Å². The molecule has 0 aliphatic carbocycles. The van der Waals surface area contributed by atoms with Gasteiger partial charge in [0.1, 0.15) is 12.4 Å². The molecule has 0 unspecified atom stereocenters.